The van der Waals surface area contributed by atoms with Crippen LogP contribution in [0.4, 0.5) is 5.69 Å². The van der Waals surface area contributed by atoms with Gasteiger partial charge in [0.15, 0.2) is 15.7 Å². The number of halogens is 1. The average Bonchev–Trinajstić information content (AvgIpc) is 3.27. The van der Waals surface area contributed by atoms with Crippen molar-refractivity contribution >= 4 is 51.2 Å². The Kier molecular flexibility index (Phi) is 6.17. The second kappa shape index (κ2) is 8.68. The Bertz CT molecular complexity index is 1080. The van der Waals surface area contributed by atoms with Crippen LogP contribution in [-0.4, -0.2) is 64.7 Å². The van der Waals surface area contributed by atoms with Gasteiger partial charge in [0.05, 0.1) is 17.9 Å². The molecule has 0 unspecified atom stereocenters. The molecule has 1 aromatic carbocycles. The van der Waals surface area contributed by atoms with Crippen molar-refractivity contribution in [1.82, 2.24) is 19.5 Å². The third kappa shape index (κ3) is 4.00. The quantitative estimate of drug-likeness (QED) is 0.103. The third-order valence-corrected chi connectivity index (χ3v) is 6.19. The summed E-state index contributed by atoms with van der Waals surface area (Å²) < 4.78 is 7.55. The maximum absolute atomic E-state index is 10.8. The lowest BCUT2D eigenvalue weighted by molar-refractivity contribution is -0.384. The van der Waals surface area contributed by atoms with Gasteiger partial charge in [-0.15, -0.1) is 0 Å². The zero-order valence-electron chi connectivity index (χ0n) is 15.2. The molecule has 0 bridgehead atoms. The largest absolute Gasteiger partial charge is 0.394 e. The molecule has 3 N–H and O–H groups in total. The number of non-ortho nitro benzene ring substituents is 1. The average molecular weight is 545 g/mol. The minimum Gasteiger partial charge on any atom is -0.394 e. The number of aliphatic hydroxyl groups excluding tert-OH is 3. The minimum absolute atomic E-state index is 0.0277. The van der Waals surface area contributed by atoms with Gasteiger partial charge >= 0.3 is 0 Å². The summed E-state index contributed by atoms with van der Waals surface area (Å²) in [7, 11) is 0. The van der Waals surface area contributed by atoms with Crippen molar-refractivity contribution in [3.05, 3.63) is 50.1 Å². The number of hydrogen-bond donors (Lipinski definition) is 3. The van der Waals surface area contributed by atoms with E-state index < -0.39 is 36.1 Å². The van der Waals surface area contributed by atoms with Crippen LogP contribution in [0.1, 0.15) is 11.8 Å². The van der Waals surface area contributed by atoms with Crippen LogP contribution in [0.2, 0.25) is 0 Å². The summed E-state index contributed by atoms with van der Waals surface area (Å²) in [4.78, 5) is 23.5. The molecule has 1 aliphatic heterocycles. The Labute approximate surface area is 187 Å². The first-order chi connectivity index (χ1) is 14.4. The highest BCUT2D eigenvalue weighted by Gasteiger charge is 2.44. The molecule has 4 atom stereocenters. The maximum Gasteiger partial charge on any atom is 0.269 e. The van der Waals surface area contributed by atoms with E-state index in [9.17, 15) is 25.4 Å². The van der Waals surface area contributed by atoms with E-state index in [1.165, 1.54) is 34.8 Å². The van der Waals surface area contributed by atoms with Crippen LogP contribution in [0.25, 0.3) is 11.2 Å². The van der Waals surface area contributed by atoms with Crippen LogP contribution in [0.15, 0.2) is 35.6 Å². The van der Waals surface area contributed by atoms with Crippen molar-refractivity contribution in [2.75, 3.05) is 6.61 Å². The molecule has 0 amide bonds. The molecule has 13 heteroatoms. The SMILES string of the molecule is O=[N+]([O-])c1ccc(CSc2nc(I)nc3c2ncn3[C@@H]2O[C@H](CO)[C@@H](O)[C@H]2O)cc1. The monoisotopic (exact) mass is 545 g/mol. The third-order valence-electron chi connectivity index (χ3n) is 4.68. The number of nitro groups is 1. The van der Waals surface area contributed by atoms with Gasteiger partial charge in [-0.1, -0.05) is 23.9 Å². The van der Waals surface area contributed by atoms with Gasteiger partial charge in [-0.25, -0.2) is 15.0 Å². The predicted octanol–water partition coefficient (Wildman–Crippen LogP) is 1.24. The van der Waals surface area contributed by atoms with Gasteiger partial charge < -0.3 is 20.1 Å². The molecule has 4 rings (SSSR count). The van der Waals surface area contributed by atoms with Gasteiger partial charge in [0.1, 0.15) is 28.9 Å². The molecule has 1 saturated heterocycles. The Hall–Kier alpha value is -1.91. The first-order valence-corrected chi connectivity index (χ1v) is 10.8. The van der Waals surface area contributed by atoms with E-state index in [4.69, 9.17) is 4.74 Å². The number of ether oxygens (including phenoxy) is 1. The molecule has 3 heterocycles. The lowest BCUT2D eigenvalue weighted by Crippen LogP contribution is -2.33. The van der Waals surface area contributed by atoms with E-state index in [0.717, 1.165) is 5.56 Å². The standard InChI is InChI=1S/C17H16IN5O6S/c18-17-20-14-11(19-7-22(14)16-13(26)12(25)10(5-24)29-16)15(21-17)30-6-8-1-3-9(4-2-8)23(27)28/h1-4,7,10,12-13,16,24-26H,5-6H2/t10-,12-,13-,16-/m1/s1. The van der Waals surface area contributed by atoms with Crippen LogP contribution in [0.3, 0.4) is 0 Å². The van der Waals surface area contributed by atoms with E-state index in [-0.39, 0.29) is 5.69 Å². The molecular weight excluding hydrogens is 529 g/mol. The second-order valence-corrected chi connectivity index (χ2v) is 8.49. The van der Waals surface area contributed by atoms with Gasteiger partial charge in [0.2, 0.25) is 0 Å². The van der Waals surface area contributed by atoms with Crippen LogP contribution in [0, 0.1) is 13.9 Å². The number of aliphatic hydroxyl groups is 3. The molecule has 0 spiro atoms. The molecule has 1 fully saturated rings. The van der Waals surface area contributed by atoms with E-state index in [1.54, 1.807) is 12.1 Å². The van der Waals surface area contributed by atoms with Crippen molar-refractivity contribution < 1.29 is 25.0 Å². The number of nitro benzene ring substituents is 1. The Morgan fingerprint density at radius 1 is 1.23 bits per heavy atom. The van der Waals surface area contributed by atoms with Gasteiger partial charge in [0, 0.05) is 40.5 Å². The van der Waals surface area contributed by atoms with E-state index in [1.807, 2.05) is 22.6 Å². The predicted molar refractivity (Wildman–Crippen MR) is 114 cm³/mol. The zero-order valence-corrected chi connectivity index (χ0v) is 18.2. The summed E-state index contributed by atoms with van der Waals surface area (Å²) in [6.45, 7) is -0.426. The Morgan fingerprint density at radius 3 is 2.60 bits per heavy atom. The summed E-state index contributed by atoms with van der Waals surface area (Å²) in [5.74, 6) is 0.515. The molecule has 2 aromatic heterocycles. The number of aromatic nitrogens is 4. The second-order valence-electron chi connectivity index (χ2n) is 6.56. The van der Waals surface area contributed by atoms with Gasteiger partial charge in [-0.3, -0.25) is 14.7 Å². The molecule has 0 aliphatic carbocycles. The molecule has 3 aromatic rings. The van der Waals surface area contributed by atoms with Crippen molar-refractivity contribution in [2.24, 2.45) is 0 Å². The molecule has 0 saturated carbocycles. The fourth-order valence-electron chi connectivity index (χ4n) is 3.13. The first kappa shape index (κ1) is 21.3. The fraction of sp³-hybridized carbons (Fsp3) is 0.353. The molecule has 1 aliphatic rings. The molecule has 11 nitrogen and oxygen atoms in total. The lowest BCUT2D eigenvalue weighted by Gasteiger charge is -2.16. The highest BCUT2D eigenvalue weighted by atomic mass is 127. The van der Waals surface area contributed by atoms with Crippen LogP contribution in [0.5, 0.6) is 0 Å². The first-order valence-electron chi connectivity index (χ1n) is 8.77. The van der Waals surface area contributed by atoms with Gasteiger partial charge in [-0.2, -0.15) is 0 Å². The fourth-order valence-corrected chi connectivity index (χ4v) is 4.69. The summed E-state index contributed by atoms with van der Waals surface area (Å²) in [5.41, 5.74) is 1.84. The van der Waals surface area contributed by atoms with Crippen molar-refractivity contribution in [2.45, 2.75) is 35.3 Å². The van der Waals surface area contributed by atoms with Crippen molar-refractivity contribution in [1.29, 1.82) is 0 Å². The van der Waals surface area contributed by atoms with E-state index in [0.29, 0.717) is 25.8 Å². The number of hydrogen-bond acceptors (Lipinski definition) is 10. The maximum atomic E-state index is 10.8. The number of benzene rings is 1. The summed E-state index contributed by atoms with van der Waals surface area (Å²) in [6, 6.07) is 6.27. The Balaban J connectivity index is 1.60. The molecule has 158 valence electrons. The minimum atomic E-state index is -1.25. The highest BCUT2D eigenvalue weighted by Crippen LogP contribution is 2.34. The zero-order chi connectivity index (χ0) is 21.4. The smallest absolute Gasteiger partial charge is 0.269 e. The van der Waals surface area contributed by atoms with E-state index >= 15 is 0 Å². The summed E-state index contributed by atoms with van der Waals surface area (Å²) >= 11 is 3.37. The Morgan fingerprint density at radius 2 is 1.97 bits per heavy atom. The molecule has 0 radical (unpaired) electrons. The van der Waals surface area contributed by atoms with E-state index in [2.05, 4.69) is 15.0 Å². The van der Waals surface area contributed by atoms with Crippen LogP contribution >= 0.6 is 34.4 Å². The number of nitrogens with zero attached hydrogens (tertiary/aromatic N) is 5. The normalized spacial score (nSPS) is 23.9. The topological polar surface area (TPSA) is 157 Å². The number of imidazole rings is 1. The summed E-state index contributed by atoms with van der Waals surface area (Å²) in [5, 5.41) is 41.0. The van der Waals surface area contributed by atoms with Gasteiger partial charge in [-0.05, 0) is 5.56 Å². The van der Waals surface area contributed by atoms with Gasteiger partial charge in [0.25, 0.3) is 5.69 Å². The molecule has 30 heavy (non-hydrogen) atoms. The van der Waals surface area contributed by atoms with Crippen molar-refractivity contribution in [3.63, 3.8) is 0 Å². The number of thioether (sulfide) groups is 1. The number of rotatable bonds is 6. The number of fused-ring (bicyclic) bond motifs is 1. The van der Waals surface area contributed by atoms with Crippen LogP contribution in [-0.2, 0) is 10.5 Å². The van der Waals surface area contributed by atoms with Crippen LogP contribution < -0.4 is 0 Å². The lowest BCUT2D eigenvalue weighted by atomic mass is 10.1. The summed E-state index contributed by atoms with van der Waals surface area (Å²) in [6.07, 6.45) is -2.87. The van der Waals surface area contributed by atoms with Crippen molar-refractivity contribution in [3.8, 4) is 0 Å². The molecular formula is C17H16IN5O6S. The highest BCUT2D eigenvalue weighted by molar-refractivity contribution is 14.1.